The summed E-state index contributed by atoms with van der Waals surface area (Å²) in [6.07, 6.45) is 7.55. The zero-order valence-electron chi connectivity index (χ0n) is 28.3. The number of benzene rings is 7. The van der Waals surface area contributed by atoms with Gasteiger partial charge in [-0.3, -0.25) is 0 Å². The molecule has 3 aromatic heterocycles. The van der Waals surface area contributed by atoms with Crippen molar-refractivity contribution in [3.63, 3.8) is 0 Å². The Balaban J connectivity index is 1.04. The van der Waals surface area contributed by atoms with Gasteiger partial charge in [0.05, 0.1) is 22.1 Å². The number of furan rings is 1. The molecule has 3 nitrogen and oxygen atoms in total. The zero-order valence-corrected chi connectivity index (χ0v) is 28.3. The molecule has 1 aliphatic carbocycles. The number of rotatable bonds is 4. The van der Waals surface area contributed by atoms with Gasteiger partial charge >= 0.3 is 0 Å². The Morgan fingerprint density at radius 3 is 1.56 bits per heavy atom. The van der Waals surface area contributed by atoms with Crippen molar-refractivity contribution in [2.45, 2.75) is 6.42 Å². The lowest BCUT2D eigenvalue weighted by Gasteiger charge is -2.08. The van der Waals surface area contributed by atoms with Crippen molar-refractivity contribution < 1.29 is 4.42 Å². The van der Waals surface area contributed by atoms with Crippen molar-refractivity contribution in [2.75, 3.05) is 0 Å². The highest BCUT2D eigenvalue weighted by Gasteiger charge is 2.19. The van der Waals surface area contributed by atoms with Crippen LogP contribution in [0.3, 0.4) is 0 Å². The van der Waals surface area contributed by atoms with Crippen LogP contribution in [-0.2, 0) is 6.42 Å². The second kappa shape index (κ2) is 11.3. The van der Waals surface area contributed by atoms with Gasteiger partial charge < -0.3 is 13.6 Å². The number of nitrogens with zero attached hydrogens (tertiary/aromatic N) is 2. The lowest BCUT2D eigenvalue weighted by Crippen LogP contribution is -1.93. The summed E-state index contributed by atoms with van der Waals surface area (Å²) in [6.45, 7) is 0. The molecule has 1 aliphatic rings. The smallest absolute Gasteiger partial charge is 0.134 e. The fraction of sp³-hybridized carbons (Fsp3) is 0.0204. The van der Waals surface area contributed by atoms with Gasteiger partial charge in [-0.2, -0.15) is 0 Å². The van der Waals surface area contributed by atoms with Crippen LogP contribution in [0.1, 0.15) is 16.9 Å². The topological polar surface area (TPSA) is 23.0 Å². The molecule has 0 N–H and O–H groups in total. The van der Waals surface area contributed by atoms with E-state index >= 15 is 0 Å². The third kappa shape index (κ3) is 4.39. The molecule has 244 valence electrons. The van der Waals surface area contributed by atoms with Crippen molar-refractivity contribution in [1.82, 2.24) is 9.13 Å². The van der Waals surface area contributed by atoms with Gasteiger partial charge in [-0.15, -0.1) is 0 Å². The summed E-state index contributed by atoms with van der Waals surface area (Å²) in [5, 5.41) is 6.15. The van der Waals surface area contributed by atoms with Crippen molar-refractivity contribution in [2.24, 2.45) is 0 Å². The van der Waals surface area contributed by atoms with Crippen LogP contribution in [0, 0.1) is 0 Å². The molecule has 3 heterocycles. The number of aromatic nitrogens is 2. The Kier molecular flexibility index (Phi) is 6.31. The molecule has 0 unspecified atom stereocenters. The monoisotopic (exact) mass is 664 g/mol. The summed E-state index contributed by atoms with van der Waals surface area (Å²) in [6, 6.07) is 59.1. The minimum absolute atomic E-state index is 0.750. The lowest BCUT2D eigenvalue weighted by molar-refractivity contribution is 0.564. The molecule has 0 spiro atoms. The van der Waals surface area contributed by atoms with E-state index in [4.69, 9.17) is 4.42 Å². The maximum atomic E-state index is 6.50. The van der Waals surface area contributed by atoms with Gasteiger partial charge in [-0.25, -0.2) is 0 Å². The van der Waals surface area contributed by atoms with Gasteiger partial charge in [0.25, 0.3) is 0 Å². The van der Waals surface area contributed by atoms with Crippen LogP contribution in [0.2, 0.25) is 0 Å². The highest BCUT2D eigenvalue weighted by Crippen LogP contribution is 2.40. The number of hydrogen-bond acceptors (Lipinski definition) is 1. The Hall–Kier alpha value is -6.84. The Bertz CT molecular complexity index is 3080. The number of para-hydroxylation sites is 4. The number of fused-ring (bicyclic) bond motifs is 9. The number of allylic oxidation sites excluding steroid dienone is 3. The molecule has 0 amide bonds. The molecule has 0 aliphatic heterocycles. The van der Waals surface area contributed by atoms with Crippen molar-refractivity contribution in [3.05, 3.63) is 193 Å². The van der Waals surface area contributed by atoms with Crippen LogP contribution in [0.25, 0.3) is 88.7 Å². The third-order valence-electron chi connectivity index (χ3n) is 10.7. The van der Waals surface area contributed by atoms with E-state index in [1.165, 1.54) is 77.2 Å². The SMILES string of the molecule is C1=CC(c2ccc3c(c2)c2ccccc2n3-c2ccccc2)=Cc2c(oc3ccc(-c4ccc5c(c4)c4ccccc4n5-c4ccccc4)cc23)C1. The second-order valence-electron chi connectivity index (χ2n) is 13.7. The first-order valence-electron chi connectivity index (χ1n) is 17.9. The predicted molar refractivity (Wildman–Crippen MR) is 217 cm³/mol. The van der Waals surface area contributed by atoms with E-state index in [9.17, 15) is 0 Å². The van der Waals surface area contributed by atoms with Crippen molar-refractivity contribution in [3.8, 4) is 22.5 Å². The van der Waals surface area contributed by atoms with E-state index in [0.29, 0.717) is 0 Å². The average Bonchev–Trinajstić information content (AvgIpc) is 3.78. The van der Waals surface area contributed by atoms with Crippen LogP contribution in [0.5, 0.6) is 0 Å². The van der Waals surface area contributed by atoms with Gasteiger partial charge in [0.15, 0.2) is 0 Å². The molecular weight excluding hydrogens is 633 g/mol. The third-order valence-corrected chi connectivity index (χ3v) is 10.7. The fourth-order valence-corrected chi connectivity index (χ4v) is 8.35. The van der Waals surface area contributed by atoms with Crippen LogP contribution in [0.15, 0.2) is 180 Å². The maximum absolute atomic E-state index is 6.50. The normalized spacial score (nSPS) is 13.0. The minimum Gasteiger partial charge on any atom is -0.460 e. The largest absolute Gasteiger partial charge is 0.460 e. The first kappa shape index (κ1) is 28.9. The number of hydrogen-bond donors (Lipinski definition) is 0. The van der Waals surface area contributed by atoms with E-state index in [1.54, 1.807) is 0 Å². The second-order valence-corrected chi connectivity index (χ2v) is 13.7. The van der Waals surface area contributed by atoms with Gasteiger partial charge in [0.1, 0.15) is 11.3 Å². The summed E-state index contributed by atoms with van der Waals surface area (Å²) >= 11 is 0. The first-order chi connectivity index (χ1) is 25.8. The molecule has 0 radical (unpaired) electrons. The average molecular weight is 665 g/mol. The molecule has 7 aromatic carbocycles. The molecule has 10 aromatic rings. The minimum atomic E-state index is 0.750. The molecule has 52 heavy (non-hydrogen) atoms. The van der Waals surface area contributed by atoms with Gasteiger partial charge in [0, 0.05) is 50.3 Å². The molecule has 3 heteroatoms. The van der Waals surface area contributed by atoms with Crippen LogP contribution in [0.4, 0.5) is 0 Å². The molecular formula is C49H32N2O. The molecule has 11 rings (SSSR count). The summed E-state index contributed by atoms with van der Waals surface area (Å²) in [5.41, 5.74) is 14.0. The summed E-state index contributed by atoms with van der Waals surface area (Å²) in [7, 11) is 0. The van der Waals surface area contributed by atoms with Crippen molar-refractivity contribution in [1.29, 1.82) is 0 Å². The van der Waals surface area contributed by atoms with Crippen molar-refractivity contribution >= 4 is 66.2 Å². The van der Waals surface area contributed by atoms with E-state index < -0.39 is 0 Å². The van der Waals surface area contributed by atoms with E-state index in [2.05, 4.69) is 191 Å². The van der Waals surface area contributed by atoms with Gasteiger partial charge in [-0.1, -0.05) is 103 Å². The first-order valence-corrected chi connectivity index (χ1v) is 17.9. The Morgan fingerprint density at radius 1 is 0.423 bits per heavy atom. The summed E-state index contributed by atoms with van der Waals surface area (Å²) in [5.74, 6) is 1.00. The summed E-state index contributed by atoms with van der Waals surface area (Å²) < 4.78 is 11.2. The lowest BCUT2D eigenvalue weighted by atomic mass is 9.98. The fourth-order valence-electron chi connectivity index (χ4n) is 8.35. The maximum Gasteiger partial charge on any atom is 0.134 e. The summed E-state index contributed by atoms with van der Waals surface area (Å²) in [4.78, 5) is 0. The predicted octanol–water partition coefficient (Wildman–Crippen LogP) is 12.9. The molecule has 0 saturated heterocycles. The van der Waals surface area contributed by atoms with E-state index in [0.717, 1.165) is 28.7 Å². The Morgan fingerprint density at radius 2 is 0.923 bits per heavy atom. The van der Waals surface area contributed by atoms with E-state index in [-0.39, 0.29) is 0 Å². The van der Waals surface area contributed by atoms with Crippen LogP contribution >= 0.6 is 0 Å². The zero-order chi connectivity index (χ0) is 34.2. The highest BCUT2D eigenvalue weighted by atomic mass is 16.3. The van der Waals surface area contributed by atoms with Crippen LogP contribution < -0.4 is 0 Å². The van der Waals surface area contributed by atoms with Gasteiger partial charge in [-0.05, 0) is 101 Å². The quantitative estimate of drug-likeness (QED) is 0.184. The Labute approximate surface area is 300 Å². The molecule has 0 saturated carbocycles. The highest BCUT2D eigenvalue weighted by molar-refractivity contribution is 6.12. The van der Waals surface area contributed by atoms with Crippen LogP contribution in [-0.4, -0.2) is 9.13 Å². The van der Waals surface area contributed by atoms with Gasteiger partial charge in [0.2, 0.25) is 0 Å². The molecule has 0 fully saturated rings. The molecule has 0 atom stereocenters. The molecule has 0 bridgehead atoms. The standard InChI is InChI=1S/C49H32N2O/c1-3-13-36(14-4-1)50-44-19-9-7-17-38(44)40-28-33(22-25-46(40)50)32-12-11-21-48-42(30-32)43-31-35(24-27-49(43)52-48)34-23-26-47-41(29-34)39-18-8-10-20-45(39)51(47)37-15-5-2-6-16-37/h1-20,22-31H,21H2. The van der Waals surface area contributed by atoms with E-state index in [1.807, 2.05) is 0 Å².